The zero-order valence-corrected chi connectivity index (χ0v) is 12.6. The van der Waals surface area contributed by atoms with E-state index in [2.05, 4.69) is 0 Å². The lowest BCUT2D eigenvalue weighted by Crippen LogP contribution is -2.34. The minimum absolute atomic E-state index is 0.253. The summed E-state index contributed by atoms with van der Waals surface area (Å²) < 4.78 is 15.1. The molecule has 0 aliphatic heterocycles. The van der Waals surface area contributed by atoms with E-state index in [1.807, 2.05) is 20.8 Å². The Morgan fingerprint density at radius 3 is 2.00 bits per heavy atom. The first-order valence-corrected chi connectivity index (χ1v) is 6.96. The second-order valence-corrected chi connectivity index (χ2v) is 4.74. The molecule has 2 unspecified atom stereocenters. The van der Waals surface area contributed by atoms with Crippen LogP contribution in [0.3, 0.4) is 0 Å². The monoisotopic (exact) mass is 274 g/mol. The molecule has 0 aromatic carbocycles. The van der Waals surface area contributed by atoms with Crippen LogP contribution in [0.5, 0.6) is 0 Å². The molecule has 2 atom stereocenters. The summed E-state index contributed by atoms with van der Waals surface area (Å²) >= 11 is 0. The Balaban J connectivity index is 4.77. The molecule has 0 radical (unpaired) electrons. The van der Waals surface area contributed by atoms with Crippen LogP contribution in [-0.2, 0) is 19.0 Å². The van der Waals surface area contributed by atoms with Gasteiger partial charge in [-0.1, -0.05) is 20.8 Å². The molecule has 0 spiro atoms. The molecule has 0 N–H and O–H groups in total. The number of carbonyl (C=O) groups excluding carboxylic acids is 2. The number of hydrogen-bond donors (Lipinski definition) is 0. The average Bonchev–Trinajstić information content (AvgIpc) is 2.29. The van der Waals surface area contributed by atoms with Crippen LogP contribution in [0, 0.1) is 11.8 Å². The predicted octanol–water partition coefficient (Wildman–Crippen LogP) is 3.16. The van der Waals surface area contributed by atoms with Gasteiger partial charge in [-0.2, -0.15) is 0 Å². The van der Waals surface area contributed by atoms with Crippen LogP contribution in [0.4, 0.5) is 4.79 Å². The number of rotatable bonds is 8. The summed E-state index contributed by atoms with van der Waals surface area (Å²) in [5.74, 6) is -0.449. The lowest BCUT2D eigenvalue weighted by molar-refractivity contribution is -0.153. The third-order valence-electron chi connectivity index (χ3n) is 2.69. The number of ether oxygens (including phenoxy) is 3. The third kappa shape index (κ3) is 7.03. The van der Waals surface area contributed by atoms with Gasteiger partial charge in [0.15, 0.2) is 0 Å². The Morgan fingerprint density at radius 2 is 1.58 bits per heavy atom. The number of carbonyl (C=O) groups is 2. The van der Waals surface area contributed by atoms with Gasteiger partial charge >= 0.3 is 12.1 Å². The quantitative estimate of drug-likeness (QED) is 0.636. The molecule has 0 aliphatic carbocycles. The van der Waals surface area contributed by atoms with Crippen LogP contribution in [0.2, 0.25) is 0 Å². The SMILES string of the molecule is CCOC(=O)OC(CC(C)C)C(CC)C(=O)OCC. The van der Waals surface area contributed by atoms with Gasteiger partial charge in [-0.05, 0) is 32.6 Å². The molecule has 0 aliphatic rings. The highest BCUT2D eigenvalue weighted by molar-refractivity contribution is 5.73. The fourth-order valence-electron chi connectivity index (χ4n) is 1.87. The minimum atomic E-state index is -0.726. The van der Waals surface area contributed by atoms with Crippen LogP contribution in [0.25, 0.3) is 0 Å². The van der Waals surface area contributed by atoms with Crippen molar-refractivity contribution in [1.29, 1.82) is 0 Å². The fraction of sp³-hybridized carbons (Fsp3) is 0.857. The van der Waals surface area contributed by atoms with Crippen molar-refractivity contribution in [1.82, 2.24) is 0 Å². The van der Waals surface area contributed by atoms with E-state index in [1.165, 1.54) is 0 Å². The highest BCUT2D eigenvalue weighted by atomic mass is 16.7. The largest absolute Gasteiger partial charge is 0.508 e. The third-order valence-corrected chi connectivity index (χ3v) is 2.69. The van der Waals surface area contributed by atoms with Gasteiger partial charge in [0.1, 0.15) is 6.10 Å². The predicted molar refractivity (Wildman–Crippen MR) is 71.8 cm³/mol. The van der Waals surface area contributed by atoms with E-state index >= 15 is 0 Å². The highest BCUT2D eigenvalue weighted by Gasteiger charge is 2.32. The summed E-state index contributed by atoms with van der Waals surface area (Å²) in [5.41, 5.74) is 0. The molecule has 5 heteroatoms. The Morgan fingerprint density at radius 1 is 1.00 bits per heavy atom. The molecule has 0 heterocycles. The summed E-state index contributed by atoms with van der Waals surface area (Å²) in [4.78, 5) is 23.3. The molecule has 0 saturated carbocycles. The van der Waals surface area contributed by atoms with Gasteiger partial charge in [-0.25, -0.2) is 4.79 Å². The number of hydrogen-bond acceptors (Lipinski definition) is 5. The Labute approximate surface area is 115 Å². The van der Waals surface area contributed by atoms with Crippen molar-refractivity contribution in [3.8, 4) is 0 Å². The van der Waals surface area contributed by atoms with E-state index in [-0.39, 0.29) is 12.6 Å². The molecule has 19 heavy (non-hydrogen) atoms. The maximum atomic E-state index is 11.9. The van der Waals surface area contributed by atoms with Gasteiger partial charge < -0.3 is 14.2 Å². The summed E-state index contributed by atoms with van der Waals surface area (Å²) in [5, 5.41) is 0. The second-order valence-electron chi connectivity index (χ2n) is 4.74. The fourth-order valence-corrected chi connectivity index (χ4v) is 1.87. The molecule has 0 bridgehead atoms. The first kappa shape index (κ1) is 17.7. The van der Waals surface area contributed by atoms with Gasteiger partial charge in [0.05, 0.1) is 19.1 Å². The van der Waals surface area contributed by atoms with E-state index < -0.39 is 18.2 Å². The van der Waals surface area contributed by atoms with Gasteiger partial charge in [0.2, 0.25) is 0 Å². The van der Waals surface area contributed by atoms with Crippen molar-refractivity contribution in [2.75, 3.05) is 13.2 Å². The zero-order chi connectivity index (χ0) is 14.8. The Hall–Kier alpha value is -1.26. The maximum absolute atomic E-state index is 11.9. The molecule has 0 fully saturated rings. The van der Waals surface area contributed by atoms with Gasteiger partial charge in [0, 0.05) is 0 Å². The Kier molecular flexibility index (Phi) is 9.00. The van der Waals surface area contributed by atoms with E-state index in [9.17, 15) is 9.59 Å². The van der Waals surface area contributed by atoms with Crippen molar-refractivity contribution < 1.29 is 23.8 Å². The standard InChI is InChI=1S/C14H26O5/c1-6-11(13(15)17-7-2)12(9-10(4)5)19-14(16)18-8-3/h10-12H,6-9H2,1-5H3. The first-order chi connectivity index (χ1) is 8.96. The van der Waals surface area contributed by atoms with Crippen molar-refractivity contribution in [2.24, 2.45) is 11.8 Å². The van der Waals surface area contributed by atoms with Gasteiger partial charge in [-0.15, -0.1) is 0 Å². The molecular weight excluding hydrogens is 248 g/mol. The van der Waals surface area contributed by atoms with Crippen LogP contribution < -0.4 is 0 Å². The molecule has 0 amide bonds. The van der Waals surface area contributed by atoms with Crippen LogP contribution in [0.1, 0.15) is 47.5 Å². The first-order valence-electron chi connectivity index (χ1n) is 6.96. The molecule has 0 saturated heterocycles. The second kappa shape index (κ2) is 9.64. The summed E-state index contributed by atoms with van der Waals surface area (Å²) in [6, 6.07) is 0. The lowest BCUT2D eigenvalue weighted by Gasteiger charge is -2.25. The van der Waals surface area contributed by atoms with Crippen molar-refractivity contribution in [3.63, 3.8) is 0 Å². The lowest BCUT2D eigenvalue weighted by atomic mass is 9.92. The van der Waals surface area contributed by atoms with E-state index in [0.29, 0.717) is 25.4 Å². The van der Waals surface area contributed by atoms with Gasteiger partial charge in [0.25, 0.3) is 0 Å². The molecule has 0 aromatic heterocycles. The summed E-state index contributed by atoms with van der Waals surface area (Å²) in [6.07, 6.45) is -0.0508. The van der Waals surface area contributed by atoms with E-state index in [0.717, 1.165) is 0 Å². The molecule has 112 valence electrons. The normalized spacial score (nSPS) is 13.8. The summed E-state index contributed by atoms with van der Waals surface area (Å²) in [6.45, 7) is 9.95. The Bertz CT molecular complexity index is 275. The average molecular weight is 274 g/mol. The zero-order valence-electron chi connectivity index (χ0n) is 12.6. The van der Waals surface area contributed by atoms with Crippen LogP contribution in [0.15, 0.2) is 0 Å². The van der Waals surface area contributed by atoms with Crippen LogP contribution in [-0.4, -0.2) is 31.4 Å². The smallest absolute Gasteiger partial charge is 0.466 e. The van der Waals surface area contributed by atoms with Crippen molar-refractivity contribution in [2.45, 2.75) is 53.6 Å². The summed E-state index contributed by atoms with van der Waals surface area (Å²) in [7, 11) is 0. The minimum Gasteiger partial charge on any atom is -0.466 e. The van der Waals surface area contributed by atoms with Crippen molar-refractivity contribution >= 4 is 12.1 Å². The van der Waals surface area contributed by atoms with E-state index in [1.54, 1.807) is 13.8 Å². The molecule has 0 aromatic rings. The topological polar surface area (TPSA) is 61.8 Å². The number of esters is 1. The molecule has 0 rings (SSSR count). The van der Waals surface area contributed by atoms with Crippen molar-refractivity contribution in [3.05, 3.63) is 0 Å². The molecular formula is C14H26O5. The van der Waals surface area contributed by atoms with Crippen LogP contribution >= 0.6 is 0 Å². The maximum Gasteiger partial charge on any atom is 0.508 e. The van der Waals surface area contributed by atoms with Gasteiger partial charge in [-0.3, -0.25) is 4.79 Å². The molecule has 5 nitrogen and oxygen atoms in total. The highest BCUT2D eigenvalue weighted by Crippen LogP contribution is 2.22. The van der Waals surface area contributed by atoms with E-state index in [4.69, 9.17) is 14.2 Å².